The Hall–Kier alpha value is -2.50. The fourth-order valence-corrected chi connectivity index (χ4v) is 1.85. The van der Waals surface area contributed by atoms with Gasteiger partial charge in [0.2, 0.25) is 5.95 Å². The van der Waals surface area contributed by atoms with E-state index in [4.69, 9.17) is 0 Å². The number of amides is 1. The summed E-state index contributed by atoms with van der Waals surface area (Å²) in [6.07, 6.45) is 4.62. The van der Waals surface area contributed by atoms with Crippen molar-refractivity contribution in [2.75, 3.05) is 18.4 Å². The molecule has 0 spiro atoms. The SMILES string of the molecule is CCCNc1ncc(C(=O)NCCc2ccc(F)cc2)cn1. The van der Waals surface area contributed by atoms with Gasteiger partial charge in [-0.3, -0.25) is 4.79 Å². The third-order valence-corrected chi connectivity index (χ3v) is 3.06. The number of aromatic nitrogens is 2. The van der Waals surface area contributed by atoms with Crippen molar-refractivity contribution in [3.63, 3.8) is 0 Å². The van der Waals surface area contributed by atoms with Crippen LogP contribution >= 0.6 is 0 Å². The lowest BCUT2D eigenvalue weighted by Gasteiger charge is -2.06. The first kappa shape index (κ1) is 15.9. The van der Waals surface area contributed by atoms with E-state index in [1.165, 1.54) is 24.5 Å². The number of nitrogens with zero attached hydrogens (tertiary/aromatic N) is 2. The Labute approximate surface area is 129 Å². The van der Waals surface area contributed by atoms with Crippen molar-refractivity contribution in [3.8, 4) is 0 Å². The Kier molecular flexibility index (Phi) is 5.82. The molecule has 1 heterocycles. The van der Waals surface area contributed by atoms with Crippen LogP contribution in [0, 0.1) is 5.82 Å². The molecule has 1 amide bonds. The van der Waals surface area contributed by atoms with Gasteiger partial charge >= 0.3 is 0 Å². The largest absolute Gasteiger partial charge is 0.354 e. The van der Waals surface area contributed by atoms with Crippen LogP contribution in [0.3, 0.4) is 0 Å². The van der Waals surface area contributed by atoms with E-state index in [9.17, 15) is 9.18 Å². The number of benzene rings is 1. The predicted octanol–water partition coefficient (Wildman–Crippen LogP) is 2.41. The summed E-state index contributed by atoms with van der Waals surface area (Å²) in [6, 6.07) is 6.23. The first-order chi connectivity index (χ1) is 10.7. The average Bonchev–Trinajstić information content (AvgIpc) is 2.55. The third kappa shape index (κ3) is 4.80. The van der Waals surface area contributed by atoms with Gasteiger partial charge in [-0.25, -0.2) is 14.4 Å². The summed E-state index contributed by atoms with van der Waals surface area (Å²) in [5.74, 6) is 0.0376. The van der Waals surface area contributed by atoms with Gasteiger partial charge in [-0.2, -0.15) is 0 Å². The van der Waals surface area contributed by atoms with E-state index >= 15 is 0 Å². The molecular formula is C16H19FN4O. The minimum atomic E-state index is -0.262. The molecule has 0 bridgehead atoms. The van der Waals surface area contributed by atoms with Crippen molar-refractivity contribution in [2.24, 2.45) is 0 Å². The topological polar surface area (TPSA) is 66.9 Å². The van der Waals surface area contributed by atoms with E-state index in [0.717, 1.165) is 18.5 Å². The molecule has 116 valence electrons. The Morgan fingerprint density at radius 1 is 1.14 bits per heavy atom. The highest BCUT2D eigenvalue weighted by Gasteiger charge is 2.06. The van der Waals surface area contributed by atoms with Crippen molar-refractivity contribution >= 4 is 11.9 Å². The van der Waals surface area contributed by atoms with Gasteiger partial charge in [0.1, 0.15) is 5.82 Å². The van der Waals surface area contributed by atoms with Crippen LogP contribution in [0.2, 0.25) is 0 Å². The first-order valence-corrected chi connectivity index (χ1v) is 7.27. The lowest BCUT2D eigenvalue weighted by molar-refractivity contribution is 0.0953. The van der Waals surface area contributed by atoms with Crippen LogP contribution in [0.1, 0.15) is 29.3 Å². The molecule has 5 nitrogen and oxygen atoms in total. The van der Waals surface area contributed by atoms with E-state index in [2.05, 4.69) is 27.5 Å². The van der Waals surface area contributed by atoms with Crippen LogP contribution in [-0.4, -0.2) is 29.0 Å². The average molecular weight is 302 g/mol. The zero-order valence-corrected chi connectivity index (χ0v) is 12.5. The highest BCUT2D eigenvalue weighted by Crippen LogP contribution is 2.04. The summed E-state index contributed by atoms with van der Waals surface area (Å²) >= 11 is 0. The van der Waals surface area contributed by atoms with Crippen LogP contribution in [0.5, 0.6) is 0 Å². The minimum Gasteiger partial charge on any atom is -0.354 e. The number of nitrogens with one attached hydrogen (secondary N) is 2. The van der Waals surface area contributed by atoms with Gasteiger partial charge in [-0.15, -0.1) is 0 Å². The number of rotatable bonds is 7. The van der Waals surface area contributed by atoms with Crippen molar-refractivity contribution in [2.45, 2.75) is 19.8 Å². The fourth-order valence-electron chi connectivity index (χ4n) is 1.85. The quantitative estimate of drug-likeness (QED) is 0.824. The number of hydrogen-bond acceptors (Lipinski definition) is 4. The summed E-state index contributed by atoms with van der Waals surface area (Å²) in [5.41, 5.74) is 1.39. The zero-order chi connectivity index (χ0) is 15.8. The zero-order valence-electron chi connectivity index (χ0n) is 12.5. The molecule has 0 saturated heterocycles. The van der Waals surface area contributed by atoms with E-state index < -0.39 is 0 Å². The normalized spacial score (nSPS) is 10.3. The van der Waals surface area contributed by atoms with Gasteiger partial charge in [-0.1, -0.05) is 19.1 Å². The van der Waals surface area contributed by atoms with Crippen molar-refractivity contribution in [1.29, 1.82) is 0 Å². The maximum absolute atomic E-state index is 12.8. The summed E-state index contributed by atoms with van der Waals surface area (Å²) in [7, 11) is 0. The van der Waals surface area contributed by atoms with Crippen LogP contribution in [0.15, 0.2) is 36.7 Å². The molecule has 0 aliphatic rings. The second kappa shape index (κ2) is 8.07. The van der Waals surface area contributed by atoms with Gasteiger partial charge in [-0.05, 0) is 30.5 Å². The predicted molar refractivity (Wildman–Crippen MR) is 83.2 cm³/mol. The molecule has 0 fully saturated rings. The standard InChI is InChI=1S/C16H19FN4O/c1-2-8-19-16-20-10-13(11-21-16)15(22)18-9-7-12-3-5-14(17)6-4-12/h3-6,10-11H,2,7-9H2,1H3,(H,18,22)(H,19,20,21). The highest BCUT2D eigenvalue weighted by molar-refractivity contribution is 5.93. The summed E-state index contributed by atoms with van der Waals surface area (Å²) < 4.78 is 12.8. The molecule has 0 aliphatic heterocycles. The van der Waals surface area contributed by atoms with Crippen LogP contribution in [-0.2, 0) is 6.42 Å². The van der Waals surface area contributed by atoms with Crippen LogP contribution in [0.25, 0.3) is 0 Å². The molecule has 0 radical (unpaired) electrons. The molecule has 0 saturated carbocycles. The van der Waals surface area contributed by atoms with Gasteiger partial charge in [0, 0.05) is 25.5 Å². The Bertz CT molecular complexity index is 599. The number of anilines is 1. The Balaban J connectivity index is 1.80. The Morgan fingerprint density at radius 3 is 2.45 bits per heavy atom. The Morgan fingerprint density at radius 2 is 1.82 bits per heavy atom. The van der Waals surface area contributed by atoms with Crippen LogP contribution < -0.4 is 10.6 Å². The smallest absolute Gasteiger partial charge is 0.254 e. The fraction of sp³-hybridized carbons (Fsp3) is 0.312. The molecule has 0 aliphatic carbocycles. The van der Waals surface area contributed by atoms with Gasteiger partial charge in [0.05, 0.1) is 5.56 Å². The summed E-state index contributed by atoms with van der Waals surface area (Å²) in [4.78, 5) is 20.1. The van der Waals surface area contributed by atoms with Gasteiger partial charge in [0.25, 0.3) is 5.91 Å². The lowest BCUT2D eigenvalue weighted by Crippen LogP contribution is -2.26. The molecule has 2 aromatic rings. The summed E-state index contributed by atoms with van der Waals surface area (Å²) in [6.45, 7) is 3.32. The van der Waals surface area contributed by atoms with Crippen molar-refractivity contribution < 1.29 is 9.18 Å². The molecule has 0 atom stereocenters. The maximum atomic E-state index is 12.8. The highest BCUT2D eigenvalue weighted by atomic mass is 19.1. The van der Waals surface area contributed by atoms with E-state index in [0.29, 0.717) is 24.5 Å². The number of carbonyl (C=O) groups excluding carboxylic acids is 1. The lowest BCUT2D eigenvalue weighted by atomic mass is 10.1. The second-order valence-corrected chi connectivity index (χ2v) is 4.85. The number of halogens is 1. The molecule has 0 unspecified atom stereocenters. The van der Waals surface area contributed by atoms with Gasteiger partial charge < -0.3 is 10.6 Å². The molecule has 6 heteroatoms. The number of hydrogen-bond donors (Lipinski definition) is 2. The maximum Gasteiger partial charge on any atom is 0.254 e. The van der Waals surface area contributed by atoms with Gasteiger partial charge in [0.15, 0.2) is 0 Å². The molecule has 22 heavy (non-hydrogen) atoms. The van der Waals surface area contributed by atoms with Crippen LogP contribution in [0.4, 0.5) is 10.3 Å². The van der Waals surface area contributed by atoms with E-state index in [1.807, 2.05) is 0 Å². The van der Waals surface area contributed by atoms with Crippen molar-refractivity contribution in [3.05, 3.63) is 53.6 Å². The van der Waals surface area contributed by atoms with E-state index in [1.54, 1.807) is 12.1 Å². The monoisotopic (exact) mass is 302 g/mol. The summed E-state index contributed by atoms with van der Waals surface area (Å²) in [5, 5.41) is 5.84. The second-order valence-electron chi connectivity index (χ2n) is 4.85. The molecule has 2 rings (SSSR count). The molecule has 2 N–H and O–H groups in total. The van der Waals surface area contributed by atoms with E-state index in [-0.39, 0.29) is 11.7 Å². The molecule has 1 aromatic carbocycles. The molecule has 1 aromatic heterocycles. The minimum absolute atomic E-state index is 0.218. The molecular weight excluding hydrogens is 283 g/mol. The first-order valence-electron chi connectivity index (χ1n) is 7.27. The third-order valence-electron chi connectivity index (χ3n) is 3.06. The number of carbonyl (C=O) groups is 1. The van der Waals surface area contributed by atoms with Crippen molar-refractivity contribution in [1.82, 2.24) is 15.3 Å².